The predicted molar refractivity (Wildman–Crippen MR) is 88.5 cm³/mol. The highest BCUT2D eigenvalue weighted by Crippen LogP contribution is 2.16. The molecule has 0 aliphatic carbocycles. The van der Waals surface area contributed by atoms with Crippen molar-refractivity contribution in [3.8, 4) is 5.75 Å². The summed E-state index contributed by atoms with van der Waals surface area (Å²) in [5, 5.41) is 5.51. The van der Waals surface area contributed by atoms with Crippen molar-refractivity contribution in [1.82, 2.24) is 10.3 Å². The van der Waals surface area contributed by atoms with Gasteiger partial charge in [0.2, 0.25) is 5.91 Å². The molecular weight excluding hydrogens is 331 g/mol. The first-order chi connectivity index (χ1) is 11.7. The number of carbonyl (C=O) groups is 1. The van der Waals surface area contributed by atoms with E-state index in [4.69, 9.17) is 9.47 Å². The number of hydrogen-bond acceptors (Lipinski definition) is 5. The average Bonchev–Trinajstić information content (AvgIpc) is 3.24. The maximum absolute atomic E-state index is 12.8. The lowest BCUT2D eigenvalue weighted by molar-refractivity contribution is -0.121. The Morgan fingerprint density at radius 3 is 3.00 bits per heavy atom. The average molecular weight is 350 g/mol. The molecule has 3 rings (SSSR count). The molecule has 0 radical (unpaired) electrons. The van der Waals surface area contributed by atoms with E-state index in [2.05, 4.69) is 10.3 Å². The van der Waals surface area contributed by atoms with E-state index in [-0.39, 0.29) is 24.2 Å². The highest BCUT2D eigenvalue weighted by molar-refractivity contribution is 7.09. The Labute approximate surface area is 143 Å². The first-order valence-electron chi connectivity index (χ1n) is 7.89. The summed E-state index contributed by atoms with van der Waals surface area (Å²) in [6.45, 7) is 1.64. The molecule has 7 heteroatoms. The molecule has 1 saturated heterocycles. The molecule has 2 heterocycles. The maximum atomic E-state index is 12.8. The topological polar surface area (TPSA) is 60.5 Å². The van der Waals surface area contributed by atoms with Crippen molar-refractivity contribution in [1.29, 1.82) is 0 Å². The van der Waals surface area contributed by atoms with Crippen LogP contribution in [0.1, 0.15) is 23.5 Å². The van der Waals surface area contributed by atoms with Crippen LogP contribution in [-0.4, -0.2) is 30.1 Å². The monoisotopic (exact) mass is 350 g/mol. The Bertz CT molecular complexity index is 669. The van der Waals surface area contributed by atoms with Crippen molar-refractivity contribution in [3.63, 3.8) is 0 Å². The molecule has 1 atom stereocenters. The highest BCUT2D eigenvalue weighted by Gasteiger charge is 2.16. The Kier molecular flexibility index (Phi) is 5.77. The van der Waals surface area contributed by atoms with Gasteiger partial charge in [-0.1, -0.05) is 0 Å². The fourth-order valence-corrected chi connectivity index (χ4v) is 3.14. The summed E-state index contributed by atoms with van der Waals surface area (Å²) in [6.07, 6.45) is 2.45. The van der Waals surface area contributed by atoms with Crippen LogP contribution >= 0.6 is 11.3 Å². The minimum absolute atomic E-state index is 0.0539. The molecular formula is C17H19FN2O3S. The molecule has 0 unspecified atom stereocenters. The standard InChI is InChI=1S/C17H19FN2O3S/c18-12-3-5-14(6-4-12)23-10-17-20-13(11-24-17)8-16(21)19-9-15-2-1-7-22-15/h3-6,11,15H,1-2,7-10H2,(H,19,21)/t15-/m0/s1. The van der Waals surface area contributed by atoms with Gasteiger partial charge in [-0.3, -0.25) is 4.79 Å². The first-order valence-corrected chi connectivity index (χ1v) is 8.77. The van der Waals surface area contributed by atoms with Crippen LogP contribution in [0.4, 0.5) is 4.39 Å². The van der Waals surface area contributed by atoms with E-state index >= 15 is 0 Å². The molecule has 1 amide bonds. The van der Waals surface area contributed by atoms with Crippen LogP contribution in [-0.2, 0) is 22.6 Å². The lowest BCUT2D eigenvalue weighted by Gasteiger charge is -2.10. The van der Waals surface area contributed by atoms with E-state index in [0.717, 1.165) is 30.2 Å². The van der Waals surface area contributed by atoms with Crippen LogP contribution in [0.3, 0.4) is 0 Å². The maximum Gasteiger partial charge on any atom is 0.226 e. The zero-order chi connectivity index (χ0) is 16.8. The summed E-state index contributed by atoms with van der Waals surface area (Å²) >= 11 is 1.44. The van der Waals surface area contributed by atoms with Gasteiger partial charge in [0.1, 0.15) is 23.2 Å². The zero-order valence-corrected chi connectivity index (χ0v) is 14.0. The molecule has 1 aliphatic rings. The summed E-state index contributed by atoms with van der Waals surface area (Å²) in [7, 11) is 0. The fraction of sp³-hybridized carbons (Fsp3) is 0.412. The highest BCUT2D eigenvalue weighted by atomic mass is 32.1. The second-order valence-corrected chi connectivity index (χ2v) is 6.53. The number of nitrogens with one attached hydrogen (secondary N) is 1. The molecule has 1 aromatic carbocycles. The van der Waals surface area contributed by atoms with E-state index in [9.17, 15) is 9.18 Å². The van der Waals surface area contributed by atoms with Gasteiger partial charge < -0.3 is 14.8 Å². The van der Waals surface area contributed by atoms with Crippen LogP contribution < -0.4 is 10.1 Å². The van der Waals surface area contributed by atoms with Gasteiger partial charge in [0.15, 0.2) is 0 Å². The van der Waals surface area contributed by atoms with Gasteiger partial charge in [0.05, 0.1) is 18.2 Å². The molecule has 0 saturated carbocycles. The molecule has 24 heavy (non-hydrogen) atoms. The number of amides is 1. The number of thiazole rings is 1. The van der Waals surface area contributed by atoms with Gasteiger partial charge in [-0.25, -0.2) is 9.37 Å². The molecule has 5 nitrogen and oxygen atoms in total. The van der Waals surface area contributed by atoms with Crippen molar-refractivity contribution in [2.45, 2.75) is 32.0 Å². The number of nitrogens with zero attached hydrogens (tertiary/aromatic N) is 1. The Morgan fingerprint density at radius 2 is 2.25 bits per heavy atom. The second kappa shape index (κ2) is 8.21. The number of aromatic nitrogens is 1. The molecule has 1 aliphatic heterocycles. The third kappa shape index (κ3) is 5.01. The van der Waals surface area contributed by atoms with E-state index in [0.29, 0.717) is 18.9 Å². The Hall–Kier alpha value is -1.99. The number of carbonyl (C=O) groups excluding carboxylic acids is 1. The van der Waals surface area contributed by atoms with Crippen molar-refractivity contribution < 1.29 is 18.7 Å². The molecule has 1 N–H and O–H groups in total. The van der Waals surface area contributed by atoms with Crippen LogP contribution in [0.15, 0.2) is 29.6 Å². The van der Waals surface area contributed by atoms with Gasteiger partial charge in [0, 0.05) is 18.5 Å². The second-order valence-electron chi connectivity index (χ2n) is 5.59. The lowest BCUT2D eigenvalue weighted by Crippen LogP contribution is -2.32. The van der Waals surface area contributed by atoms with Gasteiger partial charge in [-0.2, -0.15) is 0 Å². The van der Waals surface area contributed by atoms with Crippen LogP contribution in [0, 0.1) is 5.82 Å². The van der Waals surface area contributed by atoms with Crippen molar-refractivity contribution in [3.05, 3.63) is 46.2 Å². The predicted octanol–water partition coefficient (Wildman–Crippen LogP) is 2.70. The summed E-state index contributed by atoms with van der Waals surface area (Å²) in [6, 6.07) is 5.84. The minimum Gasteiger partial charge on any atom is -0.486 e. The normalized spacial score (nSPS) is 17.0. The number of rotatable bonds is 7. The van der Waals surface area contributed by atoms with Crippen molar-refractivity contribution >= 4 is 17.2 Å². The molecule has 128 valence electrons. The van der Waals surface area contributed by atoms with Gasteiger partial charge in [-0.15, -0.1) is 11.3 Å². The van der Waals surface area contributed by atoms with E-state index in [1.165, 1.54) is 23.5 Å². The molecule has 1 fully saturated rings. The molecule has 0 spiro atoms. The third-order valence-electron chi connectivity index (χ3n) is 3.67. The molecule has 1 aromatic heterocycles. The number of benzene rings is 1. The zero-order valence-electron chi connectivity index (χ0n) is 13.2. The summed E-state index contributed by atoms with van der Waals surface area (Å²) < 4.78 is 23.8. The summed E-state index contributed by atoms with van der Waals surface area (Å²) in [5.74, 6) is 0.233. The summed E-state index contributed by atoms with van der Waals surface area (Å²) in [5.41, 5.74) is 0.725. The quantitative estimate of drug-likeness (QED) is 0.834. The van der Waals surface area contributed by atoms with E-state index in [1.807, 2.05) is 5.38 Å². The van der Waals surface area contributed by atoms with Gasteiger partial charge >= 0.3 is 0 Å². The SMILES string of the molecule is O=C(Cc1csc(COc2ccc(F)cc2)n1)NC[C@@H]1CCCO1. The first kappa shape index (κ1) is 16.9. The fourth-order valence-electron chi connectivity index (χ4n) is 2.43. The Morgan fingerprint density at radius 1 is 1.42 bits per heavy atom. The van der Waals surface area contributed by atoms with Crippen molar-refractivity contribution in [2.75, 3.05) is 13.2 Å². The molecule has 0 bridgehead atoms. The Balaban J connectivity index is 1.42. The largest absolute Gasteiger partial charge is 0.486 e. The third-order valence-corrected chi connectivity index (χ3v) is 4.54. The number of halogens is 1. The number of ether oxygens (including phenoxy) is 2. The smallest absolute Gasteiger partial charge is 0.226 e. The van der Waals surface area contributed by atoms with E-state index < -0.39 is 0 Å². The van der Waals surface area contributed by atoms with Gasteiger partial charge in [0.25, 0.3) is 0 Å². The van der Waals surface area contributed by atoms with Crippen LogP contribution in [0.25, 0.3) is 0 Å². The lowest BCUT2D eigenvalue weighted by atomic mass is 10.2. The van der Waals surface area contributed by atoms with Crippen LogP contribution in [0.2, 0.25) is 0 Å². The van der Waals surface area contributed by atoms with E-state index in [1.54, 1.807) is 12.1 Å². The minimum atomic E-state index is -0.298. The van der Waals surface area contributed by atoms with Gasteiger partial charge in [-0.05, 0) is 37.1 Å². The summed E-state index contributed by atoms with van der Waals surface area (Å²) in [4.78, 5) is 16.3. The number of hydrogen-bond donors (Lipinski definition) is 1. The van der Waals surface area contributed by atoms with Crippen molar-refractivity contribution in [2.24, 2.45) is 0 Å². The van der Waals surface area contributed by atoms with Crippen LogP contribution in [0.5, 0.6) is 5.75 Å². The molecule has 2 aromatic rings.